The fourth-order valence-corrected chi connectivity index (χ4v) is 5.58. The molecule has 8 heteroatoms. The molecule has 2 aliphatic rings. The van der Waals surface area contributed by atoms with E-state index in [1.165, 1.54) is 39.8 Å². The molecule has 1 saturated heterocycles. The lowest BCUT2D eigenvalue weighted by atomic mass is 10.0. The van der Waals surface area contributed by atoms with Gasteiger partial charge in [-0.2, -0.15) is 4.31 Å². The van der Waals surface area contributed by atoms with Gasteiger partial charge in [0.15, 0.2) is 0 Å². The predicted octanol–water partition coefficient (Wildman–Crippen LogP) is 1.93. The van der Waals surface area contributed by atoms with E-state index in [4.69, 9.17) is 0 Å². The normalized spacial score (nSPS) is 17.7. The molecule has 1 amide bonds. The van der Waals surface area contributed by atoms with Gasteiger partial charge < -0.3 is 15.3 Å². The molecule has 1 fully saturated rings. The lowest BCUT2D eigenvalue weighted by Gasteiger charge is -2.16. The maximum Gasteiger partial charge on any atom is 0.251 e. The monoisotopic (exact) mass is 429 g/mol. The van der Waals surface area contributed by atoms with Crippen LogP contribution in [0.5, 0.6) is 0 Å². The zero-order chi connectivity index (χ0) is 21.3. The molecule has 2 heterocycles. The van der Waals surface area contributed by atoms with Crippen molar-refractivity contribution in [3.63, 3.8) is 0 Å². The smallest absolute Gasteiger partial charge is 0.251 e. The summed E-state index contributed by atoms with van der Waals surface area (Å²) in [4.78, 5) is 14.8. The zero-order valence-corrected chi connectivity index (χ0v) is 17.9. The highest BCUT2D eigenvalue weighted by Gasteiger charge is 2.27. The fraction of sp³-hybridized carbons (Fsp3) is 0.409. The Morgan fingerprint density at radius 1 is 1.10 bits per heavy atom. The summed E-state index contributed by atoms with van der Waals surface area (Å²) in [5.41, 5.74) is 3.52. The van der Waals surface area contributed by atoms with Crippen molar-refractivity contribution in [2.24, 2.45) is 0 Å². The van der Waals surface area contributed by atoms with Crippen LogP contribution in [0.1, 0.15) is 40.4 Å². The molecule has 2 aromatic carbocycles. The second-order valence-corrected chi connectivity index (χ2v) is 9.86. The molecule has 7 nitrogen and oxygen atoms in total. The summed E-state index contributed by atoms with van der Waals surface area (Å²) >= 11 is 0. The van der Waals surface area contributed by atoms with Gasteiger partial charge in [-0.3, -0.25) is 4.79 Å². The molecule has 2 aliphatic heterocycles. The number of aliphatic hydroxyl groups is 1. The van der Waals surface area contributed by atoms with E-state index in [2.05, 4.69) is 10.2 Å². The molecule has 0 aromatic heterocycles. The third kappa shape index (κ3) is 4.08. The minimum absolute atomic E-state index is 0.0846. The van der Waals surface area contributed by atoms with Crippen LogP contribution in [0.15, 0.2) is 47.4 Å². The Morgan fingerprint density at radius 2 is 1.80 bits per heavy atom. The Hall–Kier alpha value is -2.42. The zero-order valence-electron chi connectivity index (χ0n) is 17.0. The van der Waals surface area contributed by atoms with Gasteiger partial charge in [0, 0.05) is 44.5 Å². The molecular formula is C22H27N3O4S. The summed E-state index contributed by atoms with van der Waals surface area (Å²) in [5.74, 6) is -0.347. The van der Waals surface area contributed by atoms with Crippen LogP contribution in [0.25, 0.3) is 0 Å². The number of fused-ring (bicyclic) bond motifs is 1. The highest BCUT2D eigenvalue weighted by Crippen LogP contribution is 2.29. The first-order valence-electron chi connectivity index (χ1n) is 10.3. The first-order valence-corrected chi connectivity index (χ1v) is 11.7. The van der Waals surface area contributed by atoms with Crippen molar-refractivity contribution in [1.82, 2.24) is 9.62 Å². The van der Waals surface area contributed by atoms with Crippen LogP contribution in [0.4, 0.5) is 5.69 Å². The van der Waals surface area contributed by atoms with Crippen molar-refractivity contribution < 1.29 is 18.3 Å². The number of nitrogens with zero attached hydrogens (tertiary/aromatic N) is 2. The largest absolute Gasteiger partial charge is 0.387 e. The number of carbonyl (C=O) groups is 1. The Kier molecular flexibility index (Phi) is 5.81. The van der Waals surface area contributed by atoms with E-state index in [1.807, 2.05) is 25.2 Å². The summed E-state index contributed by atoms with van der Waals surface area (Å²) in [6, 6.07) is 11.8. The summed E-state index contributed by atoms with van der Waals surface area (Å²) in [5, 5.41) is 13.2. The number of hydrogen-bond donors (Lipinski definition) is 2. The molecule has 0 radical (unpaired) electrons. The van der Waals surface area contributed by atoms with Gasteiger partial charge in [0.05, 0.1) is 11.0 Å². The predicted molar refractivity (Wildman–Crippen MR) is 115 cm³/mol. The number of hydrogen-bond acceptors (Lipinski definition) is 5. The van der Waals surface area contributed by atoms with E-state index < -0.39 is 16.1 Å². The van der Waals surface area contributed by atoms with Gasteiger partial charge in [0.1, 0.15) is 0 Å². The van der Waals surface area contributed by atoms with Gasteiger partial charge in [-0.15, -0.1) is 0 Å². The van der Waals surface area contributed by atoms with Gasteiger partial charge in [0.25, 0.3) is 5.91 Å². The van der Waals surface area contributed by atoms with Gasteiger partial charge in [-0.05, 0) is 60.7 Å². The van der Waals surface area contributed by atoms with Crippen LogP contribution in [0, 0.1) is 0 Å². The van der Waals surface area contributed by atoms with Crippen LogP contribution in [-0.2, 0) is 16.4 Å². The number of likely N-dealkylation sites (N-methyl/N-ethyl adjacent to an activating group) is 1. The van der Waals surface area contributed by atoms with Crippen molar-refractivity contribution >= 4 is 21.6 Å². The number of anilines is 1. The minimum Gasteiger partial charge on any atom is -0.387 e. The Bertz CT molecular complexity index is 1030. The fourth-order valence-electron chi connectivity index (χ4n) is 4.06. The van der Waals surface area contributed by atoms with Gasteiger partial charge >= 0.3 is 0 Å². The van der Waals surface area contributed by atoms with Crippen molar-refractivity contribution in [3.8, 4) is 0 Å². The molecular weight excluding hydrogens is 402 g/mol. The maximum absolute atomic E-state index is 12.6. The number of aliphatic hydroxyl groups excluding tert-OH is 1. The third-order valence-electron chi connectivity index (χ3n) is 5.89. The quantitative estimate of drug-likeness (QED) is 0.732. The molecule has 4 rings (SSSR count). The summed E-state index contributed by atoms with van der Waals surface area (Å²) in [6.07, 6.45) is 1.90. The number of amides is 1. The molecule has 0 aliphatic carbocycles. The summed E-state index contributed by atoms with van der Waals surface area (Å²) < 4.78 is 26.6. The number of sulfonamides is 1. The molecule has 0 saturated carbocycles. The van der Waals surface area contributed by atoms with E-state index in [9.17, 15) is 18.3 Å². The standard InChI is InChI=1S/C22H27N3O4S/c1-24-13-10-17-14-18(6-9-20(17)24)21(26)15-23-22(27)16-4-7-19(8-5-16)30(28,29)25-11-2-3-12-25/h4-9,14,21,26H,2-3,10-13,15H2,1H3,(H,23,27). The molecule has 2 aromatic rings. The van der Waals surface area contributed by atoms with E-state index in [0.717, 1.165) is 31.4 Å². The van der Waals surface area contributed by atoms with Crippen molar-refractivity contribution in [2.45, 2.75) is 30.3 Å². The molecule has 1 atom stereocenters. The first kappa shape index (κ1) is 20.8. The number of carbonyl (C=O) groups excluding carboxylic acids is 1. The van der Waals surface area contributed by atoms with Crippen LogP contribution < -0.4 is 10.2 Å². The maximum atomic E-state index is 12.6. The highest BCUT2D eigenvalue weighted by molar-refractivity contribution is 7.89. The van der Waals surface area contributed by atoms with E-state index in [0.29, 0.717) is 18.7 Å². The van der Waals surface area contributed by atoms with Crippen LogP contribution in [-0.4, -0.2) is 57.0 Å². The van der Waals surface area contributed by atoms with Gasteiger partial charge in [0.2, 0.25) is 10.0 Å². The van der Waals surface area contributed by atoms with E-state index >= 15 is 0 Å². The second-order valence-electron chi connectivity index (χ2n) is 7.92. The molecule has 30 heavy (non-hydrogen) atoms. The van der Waals surface area contributed by atoms with Gasteiger partial charge in [-0.25, -0.2) is 8.42 Å². The Balaban J connectivity index is 1.37. The summed E-state index contributed by atoms with van der Waals surface area (Å²) in [7, 11) is -1.45. The second kappa shape index (κ2) is 8.37. The first-order chi connectivity index (χ1) is 14.4. The SMILES string of the molecule is CN1CCc2cc(C(O)CNC(=O)c3ccc(S(=O)(=O)N4CCCC4)cc3)ccc21. The molecule has 1 unspecified atom stereocenters. The third-order valence-corrected chi connectivity index (χ3v) is 7.80. The van der Waals surface area contributed by atoms with Crippen molar-refractivity contribution in [1.29, 1.82) is 0 Å². The van der Waals surface area contributed by atoms with Crippen molar-refractivity contribution in [2.75, 3.05) is 38.1 Å². The van der Waals surface area contributed by atoms with E-state index in [1.54, 1.807) is 0 Å². The molecule has 0 spiro atoms. The minimum atomic E-state index is -3.49. The Morgan fingerprint density at radius 3 is 2.50 bits per heavy atom. The van der Waals surface area contributed by atoms with Gasteiger partial charge in [-0.1, -0.05) is 12.1 Å². The topological polar surface area (TPSA) is 90.0 Å². The van der Waals surface area contributed by atoms with Crippen LogP contribution >= 0.6 is 0 Å². The summed E-state index contributed by atoms with van der Waals surface area (Å²) in [6.45, 7) is 2.14. The molecule has 0 bridgehead atoms. The van der Waals surface area contributed by atoms with Crippen molar-refractivity contribution in [3.05, 3.63) is 59.2 Å². The Labute approximate surface area is 177 Å². The number of rotatable bonds is 6. The highest BCUT2D eigenvalue weighted by atomic mass is 32.2. The average Bonchev–Trinajstić information content (AvgIpc) is 3.42. The average molecular weight is 430 g/mol. The molecule has 160 valence electrons. The molecule has 2 N–H and O–H groups in total. The van der Waals surface area contributed by atoms with Crippen LogP contribution in [0.2, 0.25) is 0 Å². The lowest BCUT2D eigenvalue weighted by Crippen LogP contribution is -2.29. The lowest BCUT2D eigenvalue weighted by molar-refractivity contribution is 0.0916. The number of benzene rings is 2. The number of nitrogens with one attached hydrogen (secondary N) is 1. The van der Waals surface area contributed by atoms with E-state index in [-0.39, 0.29) is 17.3 Å². The van der Waals surface area contributed by atoms with Crippen LogP contribution in [0.3, 0.4) is 0 Å².